The average molecular weight is 264 g/mol. The number of amides is 1. The zero-order chi connectivity index (χ0) is 13.8. The third-order valence-corrected chi connectivity index (χ3v) is 3.25. The van der Waals surface area contributed by atoms with Gasteiger partial charge < -0.3 is 20.1 Å². The van der Waals surface area contributed by atoms with E-state index >= 15 is 0 Å². The van der Waals surface area contributed by atoms with Crippen LogP contribution < -0.4 is 15.2 Å². The standard InChI is InChI=1S/C14H20N2O3/c1-18-12-6-3-10(9-13(12)19-2)14(17)16(8-7-15)11-4-5-11/h3,6,9,11H,4-5,7-8,15H2,1-2H3. The highest BCUT2D eigenvalue weighted by atomic mass is 16.5. The quantitative estimate of drug-likeness (QED) is 0.840. The Morgan fingerprint density at radius 1 is 1.32 bits per heavy atom. The molecule has 0 atom stereocenters. The maximum Gasteiger partial charge on any atom is 0.254 e. The largest absolute Gasteiger partial charge is 0.493 e. The first kappa shape index (κ1) is 13.7. The monoisotopic (exact) mass is 264 g/mol. The van der Waals surface area contributed by atoms with E-state index in [-0.39, 0.29) is 5.91 Å². The summed E-state index contributed by atoms with van der Waals surface area (Å²) in [5, 5.41) is 0. The Labute approximate surface area is 113 Å². The van der Waals surface area contributed by atoms with Gasteiger partial charge in [0.15, 0.2) is 11.5 Å². The molecule has 1 aromatic rings. The van der Waals surface area contributed by atoms with Crippen LogP contribution in [0, 0.1) is 0 Å². The number of methoxy groups -OCH3 is 2. The van der Waals surface area contributed by atoms with Gasteiger partial charge in [-0.15, -0.1) is 0 Å². The lowest BCUT2D eigenvalue weighted by molar-refractivity contribution is 0.0747. The number of ether oxygens (including phenoxy) is 2. The molecule has 2 N–H and O–H groups in total. The van der Waals surface area contributed by atoms with E-state index in [2.05, 4.69) is 0 Å². The summed E-state index contributed by atoms with van der Waals surface area (Å²) in [6.45, 7) is 1.08. The van der Waals surface area contributed by atoms with Gasteiger partial charge in [-0.3, -0.25) is 4.79 Å². The SMILES string of the molecule is COc1ccc(C(=O)N(CCN)C2CC2)cc1OC. The first-order valence-corrected chi connectivity index (χ1v) is 6.44. The molecule has 1 saturated carbocycles. The van der Waals surface area contributed by atoms with Crippen LogP contribution in [0.15, 0.2) is 18.2 Å². The van der Waals surface area contributed by atoms with Crippen molar-refractivity contribution in [3.05, 3.63) is 23.8 Å². The van der Waals surface area contributed by atoms with E-state index in [4.69, 9.17) is 15.2 Å². The smallest absolute Gasteiger partial charge is 0.254 e. The summed E-state index contributed by atoms with van der Waals surface area (Å²) in [5.41, 5.74) is 6.18. The van der Waals surface area contributed by atoms with Crippen molar-refractivity contribution in [2.75, 3.05) is 27.3 Å². The fraction of sp³-hybridized carbons (Fsp3) is 0.500. The molecule has 0 saturated heterocycles. The number of benzene rings is 1. The Morgan fingerprint density at radius 3 is 2.53 bits per heavy atom. The molecule has 0 unspecified atom stereocenters. The molecule has 0 heterocycles. The average Bonchev–Trinajstić information content (AvgIpc) is 3.27. The van der Waals surface area contributed by atoms with Crippen molar-refractivity contribution in [1.29, 1.82) is 0 Å². The molecule has 0 bridgehead atoms. The van der Waals surface area contributed by atoms with E-state index in [9.17, 15) is 4.79 Å². The fourth-order valence-electron chi connectivity index (χ4n) is 2.11. The van der Waals surface area contributed by atoms with Gasteiger partial charge in [0.2, 0.25) is 0 Å². The van der Waals surface area contributed by atoms with Gasteiger partial charge in [0, 0.05) is 24.7 Å². The van der Waals surface area contributed by atoms with E-state index in [0.717, 1.165) is 12.8 Å². The molecule has 2 rings (SSSR count). The van der Waals surface area contributed by atoms with E-state index in [1.807, 2.05) is 4.90 Å². The number of nitrogens with zero attached hydrogens (tertiary/aromatic N) is 1. The minimum Gasteiger partial charge on any atom is -0.493 e. The number of carbonyl (C=O) groups excluding carboxylic acids is 1. The van der Waals surface area contributed by atoms with Gasteiger partial charge in [-0.2, -0.15) is 0 Å². The van der Waals surface area contributed by atoms with E-state index in [1.54, 1.807) is 32.4 Å². The topological polar surface area (TPSA) is 64.8 Å². The first-order chi connectivity index (χ1) is 9.21. The van der Waals surface area contributed by atoms with E-state index in [0.29, 0.717) is 36.2 Å². The van der Waals surface area contributed by atoms with Gasteiger partial charge in [-0.05, 0) is 31.0 Å². The lowest BCUT2D eigenvalue weighted by atomic mass is 10.1. The molecule has 0 aromatic heterocycles. The van der Waals surface area contributed by atoms with Gasteiger partial charge in [-0.25, -0.2) is 0 Å². The van der Waals surface area contributed by atoms with Gasteiger partial charge in [0.25, 0.3) is 5.91 Å². The van der Waals surface area contributed by atoms with Gasteiger partial charge in [0.05, 0.1) is 14.2 Å². The Morgan fingerprint density at radius 2 is 2.00 bits per heavy atom. The number of rotatable bonds is 6. The van der Waals surface area contributed by atoms with Crippen molar-refractivity contribution in [2.24, 2.45) is 5.73 Å². The zero-order valence-corrected chi connectivity index (χ0v) is 11.4. The van der Waals surface area contributed by atoms with Crippen LogP contribution in [-0.2, 0) is 0 Å². The Bertz CT molecular complexity index is 458. The van der Waals surface area contributed by atoms with Crippen molar-refractivity contribution < 1.29 is 14.3 Å². The summed E-state index contributed by atoms with van der Waals surface area (Å²) >= 11 is 0. The second kappa shape index (κ2) is 5.93. The van der Waals surface area contributed by atoms with Crippen LogP contribution in [0.3, 0.4) is 0 Å². The highest BCUT2D eigenvalue weighted by molar-refractivity contribution is 5.95. The van der Waals surface area contributed by atoms with E-state index in [1.165, 1.54) is 0 Å². The van der Waals surface area contributed by atoms with Gasteiger partial charge in [0.1, 0.15) is 0 Å². The maximum absolute atomic E-state index is 12.5. The van der Waals surface area contributed by atoms with Crippen LogP contribution in [0.2, 0.25) is 0 Å². The van der Waals surface area contributed by atoms with Crippen LogP contribution in [0.5, 0.6) is 11.5 Å². The molecule has 1 amide bonds. The molecule has 1 aliphatic rings. The molecular weight excluding hydrogens is 244 g/mol. The summed E-state index contributed by atoms with van der Waals surface area (Å²) in [7, 11) is 3.13. The predicted molar refractivity (Wildman–Crippen MR) is 72.7 cm³/mol. The van der Waals surface area contributed by atoms with Crippen molar-refractivity contribution >= 4 is 5.91 Å². The lowest BCUT2D eigenvalue weighted by Crippen LogP contribution is -2.37. The van der Waals surface area contributed by atoms with Gasteiger partial charge >= 0.3 is 0 Å². The number of hydrogen-bond donors (Lipinski definition) is 1. The molecule has 0 spiro atoms. The predicted octanol–water partition coefficient (Wildman–Crippen LogP) is 1.27. The number of hydrogen-bond acceptors (Lipinski definition) is 4. The van der Waals surface area contributed by atoms with Crippen LogP contribution in [-0.4, -0.2) is 44.2 Å². The Hall–Kier alpha value is -1.75. The normalized spacial score (nSPS) is 14.1. The highest BCUT2D eigenvalue weighted by Gasteiger charge is 2.32. The highest BCUT2D eigenvalue weighted by Crippen LogP contribution is 2.31. The molecule has 1 aliphatic carbocycles. The molecule has 1 fully saturated rings. The minimum atomic E-state index is 0.00824. The van der Waals surface area contributed by atoms with E-state index < -0.39 is 0 Å². The van der Waals surface area contributed by atoms with Crippen LogP contribution >= 0.6 is 0 Å². The Kier molecular flexibility index (Phi) is 4.27. The lowest BCUT2D eigenvalue weighted by Gasteiger charge is -2.22. The second-order valence-corrected chi connectivity index (χ2v) is 4.59. The molecule has 0 aliphatic heterocycles. The summed E-state index contributed by atoms with van der Waals surface area (Å²) < 4.78 is 10.4. The number of carbonyl (C=O) groups is 1. The summed E-state index contributed by atoms with van der Waals surface area (Å²) in [5.74, 6) is 1.20. The first-order valence-electron chi connectivity index (χ1n) is 6.44. The third kappa shape index (κ3) is 2.98. The summed E-state index contributed by atoms with van der Waals surface area (Å²) in [6.07, 6.45) is 2.14. The third-order valence-electron chi connectivity index (χ3n) is 3.25. The zero-order valence-electron chi connectivity index (χ0n) is 11.4. The molecule has 0 radical (unpaired) electrons. The minimum absolute atomic E-state index is 0.00824. The number of nitrogens with two attached hydrogens (primary N) is 1. The molecular formula is C14H20N2O3. The van der Waals surface area contributed by atoms with Crippen molar-refractivity contribution in [2.45, 2.75) is 18.9 Å². The van der Waals surface area contributed by atoms with Crippen LogP contribution in [0.25, 0.3) is 0 Å². The molecule has 104 valence electrons. The second-order valence-electron chi connectivity index (χ2n) is 4.59. The van der Waals surface area contributed by atoms with Crippen LogP contribution in [0.4, 0.5) is 0 Å². The van der Waals surface area contributed by atoms with Gasteiger partial charge in [-0.1, -0.05) is 0 Å². The molecule has 5 nitrogen and oxygen atoms in total. The van der Waals surface area contributed by atoms with Crippen LogP contribution in [0.1, 0.15) is 23.2 Å². The molecule has 5 heteroatoms. The molecule has 19 heavy (non-hydrogen) atoms. The summed E-state index contributed by atoms with van der Waals surface area (Å²) in [6, 6.07) is 5.58. The fourth-order valence-corrected chi connectivity index (χ4v) is 2.11. The van der Waals surface area contributed by atoms with Crippen molar-refractivity contribution in [1.82, 2.24) is 4.90 Å². The molecule has 1 aromatic carbocycles. The Balaban J connectivity index is 2.22. The van der Waals surface area contributed by atoms with Crippen molar-refractivity contribution in [3.8, 4) is 11.5 Å². The summed E-state index contributed by atoms with van der Waals surface area (Å²) in [4.78, 5) is 14.3. The van der Waals surface area contributed by atoms with Crippen molar-refractivity contribution in [3.63, 3.8) is 0 Å². The maximum atomic E-state index is 12.5.